The van der Waals surface area contributed by atoms with E-state index in [0.29, 0.717) is 19.8 Å². The van der Waals surface area contributed by atoms with Crippen LogP contribution in [0.5, 0.6) is 0 Å². The van der Waals surface area contributed by atoms with Crippen LogP contribution in [0, 0.1) is 0 Å². The topological polar surface area (TPSA) is 92.1 Å². The van der Waals surface area contributed by atoms with Gasteiger partial charge in [0.2, 0.25) is 11.8 Å². The third kappa shape index (κ3) is 5.85. The van der Waals surface area contributed by atoms with Crippen molar-refractivity contribution in [3.63, 3.8) is 0 Å². The summed E-state index contributed by atoms with van der Waals surface area (Å²) in [5.74, 6) is 0.816. The Labute approximate surface area is 247 Å². The second kappa shape index (κ2) is 11.6. The lowest BCUT2D eigenvalue weighted by atomic mass is 9.92. The molecule has 0 spiro atoms. The van der Waals surface area contributed by atoms with E-state index in [-0.39, 0.29) is 24.3 Å². The third-order valence-electron chi connectivity index (χ3n) is 7.79. The van der Waals surface area contributed by atoms with Gasteiger partial charge >= 0.3 is 0 Å². The summed E-state index contributed by atoms with van der Waals surface area (Å²) in [5.41, 5.74) is 6.80. The zero-order valence-corrected chi connectivity index (χ0v) is 24.9. The van der Waals surface area contributed by atoms with Gasteiger partial charge in [0.1, 0.15) is 4.60 Å². The van der Waals surface area contributed by atoms with Crippen molar-refractivity contribution < 1.29 is 14.3 Å². The van der Waals surface area contributed by atoms with E-state index in [0.717, 1.165) is 70.1 Å². The SMILES string of the molecule is CC(=O)N1c2ccc(-c3cccc(CC(=O)NCc4cn5cc(Br)nc(N6CCOCC6)c5n4)c3)cc2CC[C@@H]1C. The summed E-state index contributed by atoms with van der Waals surface area (Å²) in [5, 5.41) is 3.02. The largest absolute Gasteiger partial charge is 0.378 e. The number of halogens is 1. The molecule has 9 nitrogen and oxygen atoms in total. The third-order valence-corrected chi connectivity index (χ3v) is 8.18. The molecule has 2 aromatic carbocycles. The van der Waals surface area contributed by atoms with Crippen molar-refractivity contribution in [2.24, 2.45) is 0 Å². The van der Waals surface area contributed by atoms with Gasteiger partial charge in [-0.1, -0.05) is 30.3 Å². The van der Waals surface area contributed by atoms with Crippen molar-refractivity contribution in [2.75, 3.05) is 36.1 Å². The van der Waals surface area contributed by atoms with Crippen LogP contribution in [-0.4, -0.2) is 58.5 Å². The smallest absolute Gasteiger partial charge is 0.224 e. The number of anilines is 2. The van der Waals surface area contributed by atoms with Crippen molar-refractivity contribution in [2.45, 2.75) is 45.7 Å². The van der Waals surface area contributed by atoms with Crippen LogP contribution in [0.2, 0.25) is 0 Å². The first kappa shape index (κ1) is 27.4. The average Bonchev–Trinajstić information content (AvgIpc) is 3.38. The summed E-state index contributed by atoms with van der Waals surface area (Å²) in [6.07, 6.45) is 5.97. The summed E-state index contributed by atoms with van der Waals surface area (Å²) in [7, 11) is 0. The molecule has 1 N–H and O–H groups in total. The highest BCUT2D eigenvalue weighted by molar-refractivity contribution is 9.10. The maximum absolute atomic E-state index is 12.9. The lowest BCUT2D eigenvalue weighted by Gasteiger charge is -2.34. The molecule has 2 aromatic heterocycles. The summed E-state index contributed by atoms with van der Waals surface area (Å²) < 4.78 is 8.16. The van der Waals surface area contributed by atoms with E-state index in [9.17, 15) is 9.59 Å². The van der Waals surface area contributed by atoms with E-state index in [2.05, 4.69) is 68.4 Å². The number of nitrogens with one attached hydrogen (secondary N) is 1. The molecular weight excluding hydrogens is 584 g/mol. The van der Waals surface area contributed by atoms with Gasteiger partial charge in [-0.25, -0.2) is 9.97 Å². The van der Waals surface area contributed by atoms with Gasteiger partial charge in [-0.05, 0) is 70.1 Å². The number of benzene rings is 2. The van der Waals surface area contributed by atoms with Crippen LogP contribution in [-0.2, 0) is 33.7 Å². The van der Waals surface area contributed by atoms with Crippen LogP contribution in [0.1, 0.15) is 37.1 Å². The fourth-order valence-electron chi connectivity index (χ4n) is 5.78. The van der Waals surface area contributed by atoms with Crippen molar-refractivity contribution in [3.05, 3.63) is 76.3 Å². The Balaban J connectivity index is 1.13. The van der Waals surface area contributed by atoms with Gasteiger partial charge in [0.05, 0.1) is 31.9 Å². The van der Waals surface area contributed by atoms with E-state index >= 15 is 0 Å². The number of imidazole rings is 1. The monoisotopic (exact) mass is 616 g/mol. The summed E-state index contributed by atoms with van der Waals surface area (Å²) >= 11 is 3.51. The van der Waals surface area contributed by atoms with E-state index in [1.807, 2.05) is 33.8 Å². The molecule has 4 aromatic rings. The van der Waals surface area contributed by atoms with Gasteiger partial charge in [0.15, 0.2) is 11.5 Å². The number of fused-ring (bicyclic) bond motifs is 2. The molecular formula is C31H33BrN6O3. The number of aromatic nitrogens is 3. The number of amides is 2. The molecule has 0 bridgehead atoms. The van der Waals surface area contributed by atoms with Gasteiger partial charge in [0.25, 0.3) is 0 Å². The molecule has 1 fully saturated rings. The number of carbonyl (C=O) groups is 2. The van der Waals surface area contributed by atoms with E-state index in [4.69, 9.17) is 9.72 Å². The molecule has 1 saturated heterocycles. The van der Waals surface area contributed by atoms with Crippen LogP contribution in [0.25, 0.3) is 16.8 Å². The highest BCUT2D eigenvalue weighted by Crippen LogP contribution is 2.34. The molecule has 2 amide bonds. The van der Waals surface area contributed by atoms with Crippen molar-refractivity contribution in [1.29, 1.82) is 0 Å². The van der Waals surface area contributed by atoms with Crippen LogP contribution >= 0.6 is 15.9 Å². The Bertz CT molecular complexity index is 1610. The van der Waals surface area contributed by atoms with E-state index < -0.39 is 0 Å². The summed E-state index contributed by atoms with van der Waals surface area (Å²) in [6, 6.07) is 14.6. The maximum atomic E-state index is 12.9. The fraction of sp³-hybridized carbons (Fsp3) is 0.355. The van der Waals surface area contributed by atoms with Gasteiger partial charge in [0, 0.05) is 44.1 Å². The van der Waals surface area contributed by atoms with Crippen molar-refractivity contribution in [1.82, 2.24) is 19.7 Å². The number of aryl methyl sites for hydroxylation is 1. The predicted molar refractivity (Wildman–Crippen MR) is 162 cm³/mol. The molecule has 212 valence electrons. The number of morpholine rings is 1. The Morgan fingerprint density at radius 1 is 1.07 bits per heavy atom. The first-order valence-corrected chi connectivity index (χ1v) is 14.8. The molecule has 0 aliphatic carbocycles. The maximum Gasteiger partial charge on any atom is 0.224 e. The molecule has 2 aliphatic heterocycles. The van der Waals surface area contributed by atoms with Crippen molar-refractivity contribution >= 4 is 44.9 Å². The minimum atomic E-state index is -0.0663. The van der Waals surface area contributed by atoms with Gasteiger partial charge < -0.3 is 24.3 Å². The predicted octanol–water partition coefficient (Wildman–Crippen LogP) is 4.54. The number of hydrogen-bond acceptors (Lipinski definition) is 6. The van der Waals surface area contributed by atoms with Crippen LogP contribution in [0.15, 0.2) is 59.5 Å². The molecule has 1 atom stereocenters. The number of carbonyl (C=O) groups excluding carboxylic acids is 2. The highest BCUT2D eigenvalue weighted by atomic mass is 79.9. The molecule has 2 aliphatic rings. The Hall–Kier alpha value is -3.76. The van der Waals surface area contributed by atoms with Crippen LogP contribution in [0.3, 0.4) is 0 Å². The van der Waals surface area contributed by atoms with E-state index in [1.165, 1.54) is 5.56 Å². The molecule has 6 rings (SSSR count). The second-order valence-corrected chi connectivity index (χ2v) is 11.5. The second-order valence-electron chi connectivity index (χ2n) is 10.7. The van der Waals surface area contributed by atoms with Crippen LogP contribution < -0.4 is 15.1 Å². The van der Waals surface area contributed by atoms with Gasteiger partial charge in [-0.15, -0.1) is 0 Å². The minimum Gasteiger partial charge on any atom is -0.378 e. The normalized spacial score (nSPS) is 17.0. The number of hydrogen-bond donors (Lipinski definition) is 1. The lowest BCUT2D eigenvalue weighted by molar-refractivity contribution is -0.120. The zero-order chi connectivity index (χ0) is 28.5. The summed E-state index contributed by atoms with van der Waals surface area (Å²) in [6.45, 7) is 6.90. The number of nitrogens with zero attached hydrogens (tertiary/aromatic N) is 5. The molecule has 0 saturated carbocycles. The van der Waals surface area contributed by atoms with E-state index in [1.54, 1.807) is 6.92 Å². The number of rotatable bonds is 6. The first-order chi connectivity index (χ1) is 19.9. The van der Waals surface area contributed by atoms with Crippen molar-refractivity contribution in [3.8, 4) is 11.1 Å². The molecule has 41 heavy (non-hydrogen) atoms. The fourth-order valence-corrected chi connectivity index (χ4v) is 6.17. The van der Waals surface area contributed by atoms with Gasteiger partial charge in [-0.2, -0.15) is 0 Å². The lowest BCUT2D eigenvalue weighted by Crippen LogP contribution is -2.40. The minimum absolute atomic E-state index is 0.0663. The average molecular weight is 618 g/mol. The Morgan fingerprint density at radius 2 is 1.88 bits per heavy atom. The van der Waals surface area contributed by atoms with Gasteiger partial charge in [-0.3, -0.25) is 9.59 Å². The number of ether oxygens (including phenoxy) is 1. The Morgan fingerprint density at radius 3 is 2.68 bits per heavy atom. The zero-order valence-electron chi connectivity index (χ0n) is 23.3. The summed E-state index contributed by atoms with van der Waals surface area (Å²) in [4.78, 5) is 38.6. The molecule has 0 unspecified atom stereocenters. The molecule has 10 heteroatoms. The highest BCUT2D eigenvalue weighted by Gasteiger charge is 2.26. The quantitative estimate of drug-likeness (QED) is 0.342. The molecule has 4 heterocycles. The Kier molecular flexibility index (Phi) is 7.77. The van der Waals surface area contributed by atoms with Crippen LogP contribution in [0.4, 0.5) is 11.5 Å². The standard InChI is InChI=1S/C31H33BrN6O3/c1-20-6-7-25-16-24(8-9-27(25)38(20)21(2)39)23-5-3-4-22(14-23)15-29(40)33-17-26-18-37-19-28(32)35-31(30(37)34-26)36-10-12-41-13-11-36/h3-5,8-9,14,16,18-20H,6-7,10-13,15,17H2,1-2H3,(H,33,40)/t20-/m0/s1. The first-order valence-electron chi connectivity index (χ1n) is 14.0. The molecule has 0 radical (unpaired) electrons.